The van der Waals surface area contributed by atoms with Gasteiger partial charge in [0, 0.05) is 19.1 Å². The number of rotatable bonds is 6. The van der Waals surface area contributed by atoms with E-state index in [1.807, 2.05) is 17.5 Å². The fraction of sp³-hybridized carbons (Fsp3) is 0.333. The van der Waals surface area contributed by atoms with Gasteiger partial charge in [-0.15, -0.1) is 11.3 Å². The molecule has 1 aliphatic rings. The number of aryl methyl sites for hydroxylation is 1. The highest BCUT2D eigenvalue weighted by Gasteiger charge is 2.28. The summed E-state index contributed by atoms with van der Waals surface area (Å²) in [6, 6.07) is 8.24. The third-order valence-corrected chi connectivity index (χ3v) is 7.52. The van der Waals surface area contributed by atoms with Gasteiger partial charge in [-0.2, -0.15) is 0 Å². The van der Waals surface area contributed by atoms with E-state index in [9.17, 15) is 17.6 Å². The molecule has 1 aromatic carbocycles. The Kier molecular flexibility index (Phi) is 6.22. The van der Waals surface area contributed by atoms with Gasteiger partial charge in [-0.25, -0.2) is 22.5 Å². The van der Waals surface area contributed by atoms with Crippen molar-refractivity contribution in [3.05, 3.63) is 59.0 Å². The number of hydrogen-bond acceptors (Lipinski definition) is 6. The zero-order chi connectivity index (χ0) is 22.0. The standard InChI is InChI=1S/C21H22FN3O4S2/c1-14-18(23-21(29-14)19-8-4-10-30-19)12-20(26)25-9-3-6-16(13-25)24-31(27,28)17-7-2-5-15(22)11-17/h2,4-5,7-8,10-11,16,24H,3,6,9,12-13H2,1H3. The summed E-state index contributed by atoms with van der Waals surface area (Å²) in [6.45, 7) is 2.58. The van der Waals surface area contributed by atoms with E-state index < -0.39 is 21.9 Å². The number of halogens is 1. The van der Waals surface area contributed by atoms with Gasteiger partial charge in [-0.3, -0.25) is 4.79 Å². The van der Waals surface area contributed by atoms with E-state index in [-0.39, 0.29) is 23.8 Å². The Morgan fingerprint density at radius 1 is 1.35 bits per heavy atom. The third kappa shape index (κ3) is 5.03. The van der Waals surface area contributed by atoms with Crippen molar-refractivity contribution in [3.8, 4) is 10.8 Å². The molecular weight excluding hydrogens is 441 g/mol. The highest BCUT2D eigenvalue weighted by molar-refractivity contribution is 7.89. The van der Waals surface area contributed by atoms with Gasteiger partial charge in [-0.05, 0) is 49.4 Å². The predicted molar refractivity (Wildman–Crippen MR) is 115 cm³/mol. The van der Waals surface area contributed by atoms with Gasteiger partial charge in [0.25, 0.3) is 0 Å². The number of likely N-dealkylation sites (tertiary alicyclic amines) is 1. The number of thiophene rings is 1. The molecule has 1 saturated heterocycles. The SMILES string of the molecule is Cc1oc(-c2cccs2)nc1CC(=O)N1CCCC(NS(=O)(=O)c2cccc(F)c2)C1. The lowest BCUT2D eigenvalue weighted by Gasteiger charge is -2.33. The molecule has 31 heavy (non-hydrogen) atoms. The number of sulfonamides is 1. The van der Waals surface area contributed by atoms with Crippen LogP contribution in [0.15, 0.2) is 51.1 Å². The normalized spacial score (nSPS) is 17.1. The van der Waals surface area contributed by atoms with Crippen molar-refractivity contribution < 1.29 is 22.0 Å². The molecule has 0 radical (unpaired) electrons. The van der Waals surface area contributed by atoms with Crippen molar-refractivity contribution in [2.45, 2.75) is 37.1 Å². The van der Waals surface area contributed by atoms with Crippen molar-refractivity contribution in [1.29, 1.82) is 0 Å². The lowest BCUT2D eigenvalue weighted by atomic mass is 10.1. The maximum Gasteiger partial charge on any atom is 0.240 e. The average Bonchev–Trinajstić information content (AvgIpc) is 3.38. The van der Waals surface area contributed by atoms with E-state index in [4.69, 9.17) is 4.42 Å². The molecule has 1 fully saturated rings. The number of amides is 1. The van der Waals surface area contributed by atoms with Crippen LogP contribution in [0.3, 0.4) is 0 Å². The second-order valence-electron chi connectivity index (χ2n) is 7.43. The van der Waals surface area contributed by atoms with Crippen LogP contribution >= 0.6 is 11.3 Å². The first kappa shape index (κ1) is 21.7. The van der Waals surface area contributed by atoms with Crippen molar-refractivity contribution in [2.75, 3.05) is 13.1 Å². The van der Waals surface area contributed by atoms with Crippen molar-refractivity contribution in [2.24, 2.45) is 0 Å². The number of carbonyl (C=O) groups is 1. The number of oxazole rings is 1. The monoisotopic (exact) mass is 463 g/mol. The van der Waals surface area contributed by atoms with E-state index in [2.05, 4.69) is 9.71 Å². The van der Waals surface area contributed by atoms with Gasteiger partial charge < -0.3 is 9.32 Å². The molecule has 3 aromatic rings. The Bertz CT molecular complexity index is 1180. The smallest absolute Gasteiger partial charge is 0.240 e. The van der Waals surface area contributed by atoms with Crippen molar-refractivity contribution >= 4 is 27.3 Å². The molecule has 10 heteroatoms. The number of hydrogen-bond donors (Lipinski definition) is 1. The average molecular weight is 464 g/mol. The lowest BCUT2D eigenvalue weighted by Crippen LogP contribution is -2.49. The maximum atomic E-state index is 13.4. The van der Waals surface area contributed by atoms with Gasteiger partial charge in [0.15, 0.2) is 0 Å². The molecule has 1 atom stereocenters. The van der Waals surface area contributed by atoms with Crippen molar-refractivity contribution in [1.82, 2.24) is 14.6 Å². The minimum atomic E-state index is -3.87. The third-order valence-electron chi connectivity index (χ3n) is 5.15. The number of piperidine rings is 1. The Labute approximate surface area is 184 Å². The van der Waals surface area contributed by atoms with E-state index in [0.717, 1.165) is 10.9 Å². The van der Waals surface area contributed by atoms with Crippen LogP contribution in [0.2, 0.25) is 0 Å². The summed E-state index contributed by atoms with van der Waals surface area (Å²) in [4.78, 5) is 19.7. The minimum Gasteiger partial charge on any atom is -0.440 e. The van der Waals surface area contributed by atoms with Gasteiger partial charge in [0.2, 0.25) is 21.8 Å². The molecule has 2 aromatic heterocycles. The number of benzene rings is 1. The van der Waals surface area contributed by atoms with Gasteiger partial charge in [0.1, 0.15) is 11.6 Å². The molecule has 3 heterocycles. The molecule has 0 bridgehead atoms. The summed E-state index contributed by atoms with van der Waals surface area (Å²) in [5, 5.41) is 1.93. The van der Waals surface area contributed by atoms with Crippen LogP contribution in [0.1, 0.15) is 24.3 Å². The Hall–Kier alpha value is -2.56. The molecule has 1 N–H and O–H groups in total. The van der Waals surface area contributed by atoms with Gasteiger partial charge in [0.05, 0.1) is 21.9 Å². The fourth-order valence-corrected chi connectivity index (χ4v) is 5.52. The van der Waals surface area contributed by atoms with Crippen LogP contribution in [0.25, 0.3) is 10.8 Å². The van der Waals surface area contributed by atoms with E-state index >= 15 is 0 Å². The minimum absolute atomic E-state index is 0.0874. The number of aromatic nitrogens is 1. The second kappa shape index (κ2) is 8.89. The summed E-state index contributed by atoms with van der Waals surface area (Å²) in [7, 11) is -3.87. The number of nitrogens with one attached hydrogen (secondary N) is 1. The summed E-state index contributed by atoms with van der Waals surface area (Å²) >= 11 is 1.51. The van der Waals surface area contributed by atoms with Gasteiger partial charge >= 0.3 is 0 Å². The lowest BCUT2D eigenvalue weighted by molar-refractivity contribution is -0.131. The highest BCUT2D eigenvalue weighted by atomic mass is 32.2. The quantitative estimate of drug-likeness (QED) is 0.605. The molecule has 4 rings (SSSR count). The molecule has 0 aliphatic carbocycles. The molecule has 164 valence electrons. The molecule has 1 aliphatic heterocycles. The Balaban J connectivity index is 1.41. The Morgan fingerprint density at radius 2 is 2.19 bits per heavy atom. The molecule has 7 nitrogen and oxygen atoms in total. The summed E-state index contributed by atoms with van der Waals surface area (Å²) in [5.74, 6) is 0.337. The zero-order valence-electron chi connectivity index (χ0n) is 16.9. The number of carbonyl (C=O) groups excluding carboxylic acids is 1. The first-order valence-electron chi connectivity index (χ1n) is 9.88. The largest absolute Gasteiger partial charge is 0.440 e. The topological polar surface area (TPSA) is 92.5 Å². The van der Waals surface area contributed by atoms with Crippen molar-refractivity contribution in [3.63, 3.8) is 0 Å². The zero-order valence-corrected chi connectivity index (χ0v) is 18.5. The number of nitrogens with zero attached hydrogens (tertiary/aromatic N) is 2. The van der Waals surface area contributed by atoms with E-state index in [1.165, 1.54) is 29.5 Å². The van der Waals surface area contributed by atoms with E-state index in [0.29, 0.717) is 36.7 Å². The van der Waals surface area contributed by atoms with Crippen LogP contribution in [0.4, 0.5) is 4.39 Å². The molecular formula is C21H22FN3O4S2. The summed E-state index contributed by atoms with van der Waals surface area (Å²) in [6.07, 6.45) is 1.36. The van der Waals surface area contributed by atoms with Crippen LogP contribution in [-0.2, 0) is 21.2 Å². The molecule has 1 amide bonds. The van der Waals surface area contributed by atoms with Gasteiger partial charge in [-0.1, -0.05) is 12.1 Å². The van der Waals surface area contributed by atoms with Crippen LogP contribution < -0.4 is 4.72 Å². The fourth-order valence-electron chi connectivity index (χ4n) is 3.57. The summed E-state index contributed by atoms with van der Waals surface area (Å²) < 4.78 is 46.9. The maximum absolute atomic E-state index is 13.4. The first-order valence-corrected chi connectivity index (χ1v) is 12.2. The van der Waals surface area contributed by atoms with Crippen LogP contribution in [0, 0.1) is 12.7 Å². The molecule has 0 saturated carbocycles. The first-order chi connectivity index (χ1) is 14.8. The van der Waals surface area contributed by atoms with Crippen LogP contribution in [0.5, 0.6) is 0 Å². The summed E-state index contributed by atoms with van der Waals surface area (Å²) in [5.41, 5.74) is 0.580. The Morgan fingerprint density at radius 3 is 2.94 bits per heavy atom. The van der Waals surface area contributed by atoms with Crippen LogP contribution in [-0.4, -0.2) is 43.3 Å². The second-order valence-corrected chi connectivity index (χ2v) is 10.1. The molecule has 0 spiro atoms. The highest BCUT2D eigenvalue weighted by Crippen LogP contribution is 2.26. The molecule has 1 unspecified atom stereocenters. The van der Waals surface area contributed by atoms with E-state index in [1.54, 1.807) is 11.8 Å². The predicted octanol–water partition coefficient (Wildman–Crippen LogP) is 3.36.